The van der Waals surface area contributed by atoms with E-state index in [4.69, 9.17) is 4.74 Å². The van der Waals surface area contributed by atoms with E-state index in [1.807, 2.05) is 42.2 Å². The number of unbranched alkanes of at least 4 members (excludes halogenated alkanes) is 3. The zero-order chi connectivity index (χ0) is 27.2. The second-order valence-corrected chi connectivity index (χ2v) is 9.29. The van der Waals surface area contributed by atoms with Crippen molar-refractivity contribution in [3.05, 3.63) is 59.7 Å². The molecule has 1 amide bonds. The van der Waals surface area contributed by atoms with Crippen LogP contribution < -0.4 is 4.90 Å². The third kappa shape index (κ3) is 8.84. The summed E-state index contributed by atoms with van der Waals surface area (Å²) in [5.74, 6) is -0.334. The first kappa shape index (κ1) is 28.6. The van der Waals surface area contributed by atoms with Crippen molar-refractivity contribution in [2.45, 2.75) is 52.4 Å². The van der Waals surface area contributed by atoms with Gasteiger partial charge in [0.1, 0.15) is 11.6 Å². The minimum absolute atomic E-state index is 0.0319. The van der Waals surface area contributed by atoms with Gasteiger partial charge in [-0.1, -0.05) is 45.2 Å². The molecule has 8 heteroatoms. The molecule has 1 heterocycles. The molecule has 0 bridgehead atoms. The van der Waals surface area contributed by atoms with E-state index in [9.17, 15) is 14.9 Å². The van der Waals surface area contributed by atoms with Gasteiger partial charge in [0.2, 0.25) is 5.91 Å². The third-order valence-corrected chi connectivity index (χ3v) is 6.40. The monoisotopic (exact) mass is 515 g/mol. The van der Waals surface area contributed by atoms with Gasteiger partial charge in [-0.25, -0.2) is 4.79 Å². The Morgan fingerprint density at radius 1 is 0.895 bits per heavy atom. The molecule has 0 aromatic heterocycles. The Kier molecular flexibility index (Phi) is 11.5. The van der Waals surface area contributed by atoms with Crippen LogP contribution in [0, 0.1) is 11.3 Å². The zero-order valence-electron chi connectivity index (χ0n) is 22.4. The average Bonchev–Trinajstić information content (AvgIpc) is 2.96. The van der Waals surface area contributed by atoms with E-state index >= 15 is 0 Å². The van der Waals surface area contributed by atoms with Crippen LogP contribution in [0.5, 0.6) is 0 Å². The third-order valence-electron chi connectivity index (χ3n) is 6.40. The Bertz CT molecular complexity index is 1140. The molecule has 1 aliphatic heterocycles. The fourth-order valence-electron chi connectivity index (χ4n) is 4.07. The number of amides is 1. The molecule has 2 aromatic carbocycles. The maximum atomic E-state index is 12.4. The van der Waals surface area contributed by atoms with Crippen LogP contribution in [-0.2, 0) is 14.3 Å². The van der Waals surface area contributed by atoms with Crippen molar-refractivity contribution in [2.24, 2.45) is 10.2 Å². The van der Waals surface area contributed by atoms with Crippen LogP contribution in [0.4, 0.5) is 17.1 Å². The number of rotatable bonds is 12. The number of nitriles is 1. The fourth-order valence-corrected chi connectivity index (χ4v) is 4.07. The summed E-state index contributed by atoms with van der Waals surface area (Å²) in [7, 11) is 0. The molecule has 38 heavy (non-hydrogen) atoms. The second kappa shape index (κ2) is 15.3. The molecule has 3 rings (SSSR count). The summed E-state index contributed by atoms with van der Waals surface area (Å²) in [6.07, 6.45) is 7.06. The van der Waals surface area contributed by atoms with Crippen molar-refractivity contribution in [3.8, 4) is 6.07 Å². The minimum Gasteiger partial charge on any atom is -0.462 e. The number of carbonyl (C=O) groups is 2. The summed E-state index contributed by atoms with van der Waals surface area (Å²) in [5, 5.41) is 17.9. The highest BCUT2D eigenvalue weighted by Gasteiger charge is 2.20. The molecule has 0 spiro atoms. The summed E-state index contributed by atoms with van der Waals surface area (Å²) < 4.78 is 5.11. The molecular weight excluding hydrogens is 478 g/mol. The molecule has 1 saturated heterocycles. The van der Waals surface area contributed by atoms with Crippen molar-refractivity contribution < 1.29 is 14.3 Å². The lowest BCUT2D eigenvalue weighted by molar-refractivity contribution is -0.138. The summed E-state index contributed by atoms with van der Waals surface area (Å²) in [4.78, 5) is 28.6. The number of benzene rings is 2. The lowest BCUT2D eigenvalue weighted by Gasteiger charge is -2.36. The van der Waals surface area contributed by atoms with Crippen LogP contribution in [0.15, 0.2) is 64.3 Å². The van der Waals surface area contributed by atoms with Gasteiger partial charge in [0.05, 0.1) is 18.0 Å². The van der Waals surface area contributed by atoms with Gasteiger partial charge in [0, 0.05) is 38.3 Å². The molecule has 0 N–H and O–H groups in total. The number of azo groups is 1. The number of hydrogen-bond acceptors (Lipinski definition) is 7. The number of esters is 1. The molecule has 1 fully saturated rings. The van der Waals surface area contributed by atoms with Gasteiger partial charge < -0.3 is 14.5 Å². The average molecular weight is 516 g/mol. The topological polar surface area (TPSA) is 98.4 Å². The Hall–Kier alpha value is -3.99. The Labute approximate surface area is 225 Å². The number of hydrogen-bond donors (Lipinski definition) is 0. The van der Waals surface area contributed by atoms with Crippen LogP contribution in [0.2, 0.25) is 0 Å². The van der Waals surface area contributed by atoms with Gasteiger partial charge >= 0.3 is 5.97 Å². The minimum atomic E-state index is -0.606. The van der Waals surface area contributed by atoms with E-state index in [1.54, 1.807) is 24.3 Å². The maximum Gasteiger partial charge on any atom is 0.348 e. The first-order valence-electron chi connectivity index (χ1n) is 13.5. The van der Waals surface area contributed by atoms with Crippen LogP contribution in [0.25, 0.3) is 6.08 Å². The molecule has 1 aliphatic rings. The zero-order valence-corrected chi connectivity index (χ0v) is 22.4. The molecule has 200 valence electrons. The van der Waals surface area contributed by atoms with E-state index in [0.29, 0.717) is 24.3 Å². The Morgan fingerprint density at radius 3 is 2.08 bits per heavy atom. The van der Waals surface area contributed by atoms with Crippen LogP contribution in [0.3, 0.4) is 0 Å². The van der Waals surface area contributed by atoms with E-state index in [2.05, 4.69) is 22.1 Å². The lowest BCUT2D eigenvalue weighted by atomic mass is 10.1. The van der Waals surface area contributed by atoms with E-state index in [-0.39, 0.29) is 11.5 Å². The molecule has 8 nitrogen and oxygen atoms in total. The van der Waals surface area contributed by atoms with Crippen LogP contribution in [-0.4, -0.2) is 49.6 Å². The Balaban J connectivity index is 1.51. The van der Waals surface area contributed by atoms with Gasteiger partial charge in [-0.2, -0.15) is 15.5 Å². The fraction of sp³-hybridized carbons (Fsp3) is 0.433. The smallest absolute Gasteiger partial charge is 0.348 e. The molecular formula is C30H37N5O3. The van der Waals surface area contributed by atoms with Crippen molar-refractivity contribution in [1.82, 2.24) is 4.90 Å². The number of ether oxygens (including phenoxy) is 1. The highest BCUT2D eigenvalue weighted by atomic mass is 16.5. The van der Waals surface area contributed by atoms with Gasteiger partial charge in [0.15, 0.2) is 0 Å². The highest BCUT2D eigenvalue weighted by molar-refractivity contribution is 5.97. The van der Waals surface area contributed by atoms with Crippen LogP contribution in [0.1, 0.15) is 57.9 Å². The predicted octanol–water partition coefficient (Wildman–Crippen LogP) is 6.58. The Morgan fingerprint density at radius 2 is 1.50 bits per heavy atom. The summed E-state index contributed by atoms with van der Waals surface area (Å²) >= 11 is 0. The van der Waals surface area contributed by atoms with Crippen LogP contribution >= 0.6 is 0 Å². The summed E-state index contributed by atoms with van der Waals surface area (Å²) in [6, 6.07) is 17.0. The first-order valence-corrected chi connectivity index (χ1v) is 13.5. The quantitative estimate of drug-likeness (QED) is 0.104. The summed E-state index contributed by atoms with van der Waals surface area (Å²) in [6.45, 7) is 7.63. The molecule has 0 radical (unpaired) electrons. The van der Waals surface area contributed by atoms with Gasteiger partial charge in [-0.15, -0.1) is 0 Å². The normalized spacial score (nSPS) is 14.0. The molecule has 0 unspecified atom stereocenters. The SMILES string of the molecule is CCCCCC(=O)N1CCN(c2ccc(N=Nc3ccc(/C=C(\C#N)C(=O)OCCCC)cc3)cc2)CC1. The van der Waals surface area contributed by atoms with Crippen molar-refractivity contribution in [2.75, 3.05) is 37.7 Å². The van der Waals surface area contributed by atoms with Gasteiger partial charge in [-0.05, 0) is 60.9 Å². The van der Waals surface area contributed by atoms with Crippen molar-refractivity contribution in [1.29, 1.82) is 5.26 Å². The number of anilines is 1. The van der Waals surface area contributed by atoms with Gasteiger partial charge in [0.25, 0.3) is 0 Å². The lowest BCUT2D eigenvalue weighted by Crippen LogP contribution is -2.48. The van der Waals surface area contributed by atoms with E-state index in [0.717, 1.165) is 69.7 Å². The van der Waals surface area contributed by atoms with Crippen molar-refractivity contribution in [3.63, 3.8) is 0 Å². The predicted molar refractivity (Wildman–Crippen MR) is 149 cm³/mol. The van der Waals surface area contributed by atoms with E-state index in [1.165, 1.54) is 6.08 Å². The highest BCUT2D eigenvalue weighted by Crippen LogP contribution is 2.24. The standard InChI is InChI=1S/C30H37N5O3/c1-3-5-7-8-29(36)35-19-17-34(18-20-35)28-15-13-27(14-16-28)33-32-26-11-9-24(10-12-26)22-25(23-31)30(37)38-21-6-4-2/h9-16,22H,3-8,17-21H2,1-2H3/b25-22+,33-32?. The molecule has 2 aromatic rings. The van der Waals surface area contributed by atoms with E-state index < -0.39 is 5.97 Å². The number of nitrogens with zero attached hydrogens (tertiary/aromatic N) is 5. The largest absolute Gasteiger partial charge is 0.462 e. The number of carbonyl (C=O) groups excluding carboxylic acids is 2. The molecule has 0 aliphatic carbocycles. The first-order chi connectivity index (χ1) is 18.5. The maximum absolute atomic E-state index is 12.4. The second-order valence-electron chi connectivity index (χ2n) is 9.29. The van der Waals surface area contributed by atoms with Gasteiger partial charge in [-0.3, -0.25) is 4.79 Å². The molecule has 0 saturated carbocycles. The molecule has 0 atom stereocenters. The summed E-state index contributed by atoms with van der Waals surface area (Å²) in [5.41, 5.74) is 3.19. The number of piperazine rings is 1. The van der Waals surface area contributed by atoms with Crippen molar-refractivity contribution >= 4 is 35.0 Å².